The van der Waals surface area contributed by atoms with Crippen molar-refractivity contribution in [3.8, 4) is 0 Å². The molecule has 20 heavy (non-hydrogen) atoms. The lowest BCUT2D eigenvalue weighted by molar-refractivity contribution is 0.821. The first-order valence-corrected chi connectivity index (χ1v) is 8.14. The molecule has 0 aromatic carbocycles. The van der Waals surface area contributed by atoms with Gasteiger partial charge < -0.3 is 11.1 Å². The average Bonchev–Trinajstić information content (AvgIpc) is 2.82. The van der Waals surface area contributed by atoms with Crippen molar-refractivity contribution in [3.63, 3.8) is 0 Å². The van der Waals surface area contributed by atoms with Crippen molar-refractivity contribution in [2.24, 2.45) is 0 Å². The Morgan fingerprint density at radius 1 is 1.25 bits per heavy atom. The molecule has 9 heteroatoms. The van der Waals surface area contributed by atoms with Crippen LogP contribution in [0, 0.1) is 6.92 Å². The standard InChI is InChI=1S/C11H17N7S2/c1-3-4-5-13-10-15-8(14-9(12)16-10)6-19-11-18-17-7(2)20-11/h3-6H2,1-2H3,(H3,12,13,14,15,16). The molecule has 0 aliphatic heterocycles. The van der Waals surface area contributed by atoms with E-state index in [1.54, 1.807) is 23.1 Å². The van der Waals surface area contributed by atoms with Crippen LogP contribution < -0.4 is 11.1 Å². The monoisotopic (exact) mass is 311 g/mol. The molecule has 0 atom stereocenters. The van der Waals surface area contributed by atoms with Crippen LogP contribution in [0.25, 0.3) is 0 Å². The van der Waals surface area contributed by atoms with Gasteiger partial charge in [-0.2, -0.15) is 15.0 Å². The molecule has 0 bridgehead atoms. The number of rotatable bonds is 7. The molecule has 0 radical (unpaired) electrons. The van der Waals surface area contributed by atoms with Crippen molar-refractivity contribution in [2.45, 2.75) is 36.8 Å². The van der Waals surface area contributed by atoms with E-state index >= 15 is 0 Å². The molecule has 0 saturated carbocycles. The lowest BCUT2D eigenvalue weighted by Crippen LogP contribution is -2.10. The molecule has 0 aliphatic carbocycles. The number of nitrogens with zero attached hydrogens (tertiary/aromatic N) is 5. The van der Waals surface area contributed by atoms with Crippen molar-refractivity contribution >= 4 is 35.0 Å². The lowest BCUT2D eigenvalue weighted by Gasteiger charge is -2.06. The highest BCUT2D eigenvalue weighted by molar-refractivity contribution is 8.00. The summed E-state index contributed by atoms with van der Waals surface area (Å²) in [5.74, 6) is 2.02. The molecule has 7 nitrogen and oxygen atoms in total. The molecule has 0 unspecified atom stereocenters. The Kier molecular flexibility index (Phi) is 5.48. The number of nitrogens with two attached hydrogens (primary N) is 1. The summed E-state index contributed by atoms with van der Waals surface area (Å²) in [6.45, 7) is 4.90. The van der Waals surface area contributed by atoms with Gasteiger partial charge in [0.15, 0.2) is 4.34 Å². The van der Waals surface area contributed by atoms with Gasteiger partial charge in [-0.05, 0) is 13.3 Å². The van der Waals surface area contributed by atoms with Crippen molar-refractivity contribution < 1.29 is 0 Å². The van der Waals surface area contributed by atoms with Gasteiger partial charge in [0, 0.05) is 6.54 Å². The van der Waals surface area contributed by atoms with Crippen LogP contribution in [0.5, 0.6) is 0 Å². The zero-order valence-corrected chi connectivity index (χ0v) is 13.1. The van der Waals surface area contributed by atoms with Crippen LogP contribution in [0.1, 0.15) is 30.6 Å². The maximum absolute atomic E-state index is 5.70. The Bertz CT molecular complexity index is 557. The van der Waals surface area contributed by atoms with Gasteiger partial charge in [-0.15, -0.1) is 10.2 Å². The molecule has 3 N–H and O–H groups in total. The maximum atomic E-state index is 5.70. The smallest absolute Gasteiger partial charge is 0.227 e. The van der Waals surface area contributed by atoms with Crippen LogP contribution in [-0.2, 0) is 5.75 Å². The first-order chi connectivity index (χ1) is 9.67. The number of anilines is 2. The number of hydrogen-bond acceptors (Lipinski definition) is 9. The maximum Gasteiger partial charge on any atom is 0.227 e. The molecular formula is C11H17N7S2. The molecule has 0 amide bonds. The molecule has 108 valence electrons. The average molecular weight is 311 g/mol. The number of nitrogen functional groups attached to an aromatic ring is 1. The van der Waals surface area contributed by atoms with E-state index in [1.807, 2.05) is 6.92 Å². The van der Waals surface area contributed by atoms with Gasteiger partial charge in [-0.25, -0.2) is 0 Å². The van der Waals surface area contributed by atoms with Crippen LogP contribution in [-0.4, -0.2) is 31.7 Å². The largest absolute Gasteiger partial charge is 0.368 e. The number of aromatic nitrogens is 5. The zero-order chi connectivity index (χ0) is 14.4. The van der Waals surface area contributed by atoms with Crippen molar-refractivity contribution in [2.75, 3.05) is 17.6 Å². The molecule has 0 aliphatic rings. The fourth-order valence-electron chi connectivity index (χ4n) is 1.42. The van der Waals surface area contributed by atoms with Gasteiger partial charge in [0.05, 0.1) is 5.75 Å². The third kappa shape index (κ3) is 4.57. The van der Waals surface area contributed by atoms with Gasteiger partial charge in [0.2, 0.25) is 11.9 Å². The molecule has 0 fully saturated rings. The normalized spacial score (nSPS) is 10.7. The Hall–Kier alpha value is -1.48. The second-order valence-electron chi connectivity index (χ2n) is 4.09. The molecular weight excluding hydrogens is 294 g/mol. The van der Waals surface area contributed by atoms with Crippen LogP contribution >= 0.6 is 23.1 Å². The molecule has 2 aromatic heterocycles. The Labute approximate surface area is 125 Å². The SMILES string of the molecule is CCCCNc1nc(N)nc(CSc2nnc(C)s2)n1. The summed E-state index contributed by atoms with van der Waals surface area (Å²) >= 11 is 3.10. The van der Waals surface area contributed by atoms with Crippen LogP contribution in [0.3, 0.4) is 0 Å². The minimum atomic E-state index is 0.239. The number of hydrogen-bond donors (Lipinski definition) is 2. The summed E-state index contributed by atoms with van der Waals surface area (Å²) in [6, 6.07) is 0. The highest BCUT2D eigenvalue weighted by Gasteiger charge is 2.07. The zero-order valence-electron chi connectivity index (χ0n) is 11.5. The van der Waals surface area contributed by atoms with Crippen LogP contribution in [0.2, 0.25) is 0 Å². The number of aryl methyl sites for hydroxylation is 1. The fraction of sp³-hybridized carbons (Fsp3) is 0.545. The molecule has 2 aromatic rings. The lowest BCUT2D eigenvalue weighted by atomic mass is 10.3. The van der Waals surface area contributed by atoms with Crippen LogP contribution in [0.15, 0.2) is 4.34 Å². The third-order valence-electron chi connectivity index (χ3n) is 2.34. The second kappa shape index (κ2) is 7.34. The van der Waals surface area contributed by atoms with Gasteiger partial charge in [-0.3, -0.25) is 0 Å². The number of nitrogens with one attached hydrogen (secondary N) is 1. The van der Waals surface area contributed by atoms with Crippen molar-refractivity contribution in [3.05, 3.63) is 10.8 Å². The Morgan fingerprint density at radius 2 is 2.10 bits per heavy atom. The van der Waals surface area contributed by atoms with E-state index in [0.29, 0.717) is 17.5 Å². The minimum Gasteiger partial charge on any atom is -0.368 e. The summed E-state index contributed by atoms with van der Waals surface area (Å²) < 4.78 is 0.905. The highest BCUT2D eigenvalue weighted by Crippen LogP contribution is 2.24. The third-order valence-corrected chi connectivity index (χ3v) is 4.31. The minimum absolute atomic E-state index is 0.239. The molecule has 0 saturated heterocycles. The van der Waals surface area contributed by atoms with Gasteiger partial charge in [-0.1, -0.05) is 36.4 Å². The quantitative estimate of drug-likeness (QED) is 0.592. The van der Waals surface area contributed by atoms with E-state index in [0.717, 1.165) is 28.7 Å². The Morgan fingerprint density at radius 3 is 2.80 bits per heavy atom. The van der Waals surface area contributed by atoms with E-state index in [1.165, 1.54) is 0 Å². The predicted molar refractivity (Wildman–Crippen MR) is 81.8 cm³/mol. The fourth-order valence-corrected chi connectivity index (χ4v) is 3.09. The van der Waals surface area contributed by atoms with E-state index in [9.17, 15) is 0 Å². The molecule has 0 spiro atoms. The summed E-state index contributed by atoms with van der Waals surface area (Å²) in [7, 11) is 0. The first-order valence-electron chi connectivity index (χ1n) is 6.34. The van der Waals surface area contributed by atoms with Gasteiger partial charge >= 0.3 is 0 Å². The number of thioether (sulfide) groups is 1. The summed E-state index contributed by atoms with van der Waals surface area (Å²) in [6.07, 6.45) is 2.19. The van der Waals surface area contributed by atoms with Gasteiger partial charge in [0.25, 0.3) is 0 Å². The van der Waals surface area contributed by atoms with Crippen molar-refractivity contribution in [1.29, 1.82) is 0 Å². The summed E-state index contributed by atoms with van der Waals surface area (Å²) in [5, 5.41) is 12.1. The second-order valence-corrected chi connectivity index (χ2v) is 6.49. The van der Waals surface area contributed by atoms with E-state index in [2.05, 4.69) is 37.4 Å². The van der Waals surface area contributed by atoms with Gasteiger partial charge in [0.1, 0.15) is 10.8 Å². The van der Waals surface area contributed by atoms with Crippen molar-refractivity contribution in [1.82, 2.24) is 25.1 Å². The van der Waals surface area contributed by atoms with E-state index < -0.39 is 0 Å². The number of unbranched alkanes of at least 4 members (excludes halogenated alkanes) is 1. The summed E-state index contributed by atoms with van der Waals surface area (Å²) in [5.41, 5.74) is 5.70. The summed E-state index contributed by atoms with van der Waals surface area (Å²) in [4.78, 5) is 12.6. The topological polar surface area (TPSA) is 102 Å². The first kappa shape index (κ1) is 14.9. The molecule has 2 rings (SSSR count). The highest BCUT2D eigenvalue weighted by atomic mass is 32.2. The molecule has 2 heterocycles. The van der Waals surface area contributed by atoms with Crippen LogP contribution in [0.4, 0.5) is 11.9 Å². The Balaban J connectivity index is 1.96. The van der Waals surface area contributed by atoms with E-state index in [4.69, 9.17) is 5.73 Å². The predicted octanol–water partition coefficient (Wildman–Crippen LogP) is 2.12. The van der Waals surface area contributed by atoms with E-state index in [-0.39, 0.29) is 5.95 Å².